The van der Waals surface area contributed by atoms with Gasteiger partial charge in [-0.3, -0.25) is 4.79 Å². The van der Waals surface area contributed by atoms with E-state index in [1.807, 2.05) is 23.8 Å². The van der Waals surface area contributed by atoms with Crippen LogP contribution in [0.2, 0.25) is 0 Å². The van der Waals surface area contributed by atoms with Crippen LogP contribution in [0.25, 0.3) is 0 Å². The largest absolute Gasteiger partial charge is 0.316 e. The fraction of sp³-hybridized carbons (Fsp3) is 0.667. The number of hydrogen-bond acceptors (Lipinski definition) is 2. The van der Waals surface area contributed by atoms with Gasteiger partial charge in [0.25, 0.3) is 5.56 Å². The third-order valence-corrected chi connectivity index (χ3v) is 3.52. The maximum absolute atomic E-state index is 11.6. The van der Waals surface area contributed by atoms with Gasteiger partial charge in [-0.1, -0.05) is 32.1 Å². The first-order valence-electron chi connectivity index (χ1n) is 7.02. The van der Waals surface area contributed by atoms with E-state index in [0.29, 0.717) is 0 Å². The minimum atomic E-state index is 0.128. The van der Waals surface area contributed by atoms with Gasteiger partial charge in [0.2, 0.25) is 0 Å². The summed E-state index contributed by atoms with van der Waals surface area (Å²) in [6.07, 6.45) is 10.7. The fourth-order valence-electron chi connectivity index (χ4n) is 2.07. The van der Waals surface area contributed by atoms with Crippen LogP contribution in [0.1, 0.15) is 50.5 Å². The minimum absolute atomic E-state index is 0.128. The van der Waals surface area contributed by atoms with Crippen molar-refractivity contribution in [3.63, 3.8) is 0 Å². The first kappa shape index (κ1) is 15.4. The van der Waals surface area contributed by atoms with Gasteiger partial charge < -0.3 is 4.57 Å². The molecule has 0 saturated carbocycles. The van der Waals surface area contributed by atoms with Crippen LogP contribution in [0.4, 0.5) is 0 Å². The van der Waals surface area contributed by atoms with Crippen LogP contribution in [-0.4, -0.2) is 10.3 Å². The minimum Gasteiger partial charge on any atom is -0.316 e. The molecule has 1 rings (SSSR count). The first-order valence-corrected chi connectivity index (χ1v) is 7.65. The Balaban J connectivity index is 2.09. The Morgan fingerprint density at radius 1 is 1.06 bits per heavy atom. The van der Waals surface area contributed by atoms with Crippen LogP contribution in [0, 0.1) is 6.92 Å². The molecule has 0 saturated heterocycles. The molecule has 0 atom stereocenters. The predicted octanol–water partition coefficient (Wildman–Crippen LogP) is 3.82. The van der Waals surface area contributed by atoms with Gasteiger partial charge in [-0.15, -0.1) is 0 Å². The smallest absolute Gasteiger partial charge is 0.250 e. The van der Waals surface area contributed by atoms with Gasteiger partial charge in [0, 0.05) is 18.8 Å². The molecule has 2 nitrogen and oxygen atoms in total. The van der Waals surface area contributed by atoms with E-state index in [1.165, 1.54) is 38.5 Å². The summed E-state index contributed by atoms with van der Waals surface area (Å²) in [7, 11) is 0. The summed E-state index contributed by atoms with van der Waals surface area (Å²) in [6.45, 7) is 2.81. The maximum atomic E-state index is 11.6. The van der Waals surface area contributed by atoms with Gasteiger partial charge in [0.15, 0.2) is 0 Å². The molecule has 1 heterocycles. The van der Waals surface area contributed by atoms with Crippen molar-refractivity contribution in [2.45, 2.75) is 58.4 Å². The molecular formula is C15H25NOS. The molecule has 0 unspecified atom stereocenters. The summed E-state index contributed by atoms with van der Waals surface area (Å²) in [5.74, 6) is 1.01. The number of aromatic nitrogens is 1. The maximum Gasteiger partial charge on any atom is 0.250 e. The topological polar surface area (TPSA) is 22.0 Å². The Morgan fingerprint density at radius 3 is 2.28 bits per heavy atom. The van der Waals surface area contributed by atoms with Crippen molar-refractivity contribution >= 4 is 12.6 Å². The van der Waals surface area contributed by atoms with Crippen LogP contribution in [0.5, 0.6) is 0 Å². The van der Waals surface area contributed by atoms with Crippen molar-refractivity contribution in [3.8, 4) is 0 Å². The molecule has 18 heavy (non-hydrogen) atoms. The Bertz CT molecular complexity index is 386. The molecule has 0 amide bonds. The monoisotopic (exact) mass is 267 g/mol. The van der Waals surface area contributed by atoms with Crippen molar-refractivity contribution < 1.29 is 0 Å². The molecule has 1 aromatic heterocycles. The lowest BCUT2D eigenvalue weighted by atomic mass is 10.1. The third-order valence-electron chi connectivity index (χ3n) is 3.21. The molecule has 0 N–H and O–H groups in total. The summed E-state index contributed by atoms with van der Waals surface area (Å²) < 4.78 is 1.81. The summed E-state index contributed by atoms with van der Waals surface area (Å²) in [5, 5.41) is 0. The predicted molar refractivity (Wildman–Crippen MR) is 81.6 cm³/mol. The Hall–Kier alpha value is -0.700. The number of pyridine rings is 1. The van der Waals surface area contributed by atoms with Gasteiger partial charge in [-0.2, -0.15) is 12.6 Å². The lowest BCUT2D eigenvalue weighted by Gasteiger charge is -2.05. The lowest BCUT2D eigenvalue weighted by Crippen LogP contribution is -2.18. The number of aryl methyl sites for hydroxylation is 2. The Kier molecular flexibility index (Phi) is 7.90. The molecule has 0 aromatic carbocycles. The molecule has 0 bridgehead atoms. The third kappa shape index (κ3) is 6.29. The Labute approximate surface area is 116 Å². The highest BCUT2D eigenvalue weighted by atomic mass is 32.1. The molecule has 3 heteroatoms. The van der Waals surface area contributed by atoms with Gasteiger partial charge in [0.1, 0.15) is 0 Å². The molecule has 0 spiro atoms. The highest BCUT2D eigenvalue weighted by Gasteiger charge is 1.96. The molecule has 0 fully saturated rings. The van der Waals surface area contributed by atoms with Crippen molar-refractivity contribution in [3.05, 3.63) is 34.2 Å². The fourth-order valence-corrected chi connectivity index (χ4v) is 2.29. The molecule has 0 radical (unpaired) electrons. The summed E-state index contributed by atoms with van der Waals surface area (Å²) >= 11 is 4.20. The molecular weight excluding hydrogens is 242 g/mol. The van der Waals surface area contributed by atoms with Crippen LogP contribution in [-0.2, 0) is 6.54 Å². The SMILES string of the molecule is Cc1ccn(CCCCCCCCCS)c(=O)c1. The summed E-state index contributed by atoms with van der Waals surface area (Å²) in [4.78, 5) is 11.6. The van der Waals surface area contributed by atoms with Crippen LogP contribution >= 0.6 is 12.6 Å². The summed E-state index contributed by atoms with van der Waals surface area (Å²) in [5.41, 5.74) is 1.17. The van der Waals surface area contributed by atoms with E-state index >= 15 is 0 Å². The average molecular weight is 267 g/mol. The number of nitrogens with zero attached hydrogens (tertiary/aromatic N) is 1. The van der Waals surface area contributed by atoms with E-state index in [4.69, 9.17) is 0 Å². The van der Waals surface area contributed by atoms with Crippen LogP contribution in [0.3, 0.4) is 0 Å². The zero-order chi connectivity index (χ0) is 13.2. The number of rotatable bonds is 9. The molecule has 0 aliphatic heterocycles. The second kappa shape index (κ2) is 9.26. The first-order chi connectivity index (χ1) is 8.74. The number of hydrogen-bond donors (Lipinski definition) is 1. The molecule has 0 aliphatic carbocycles. The van der Waals surface area contributed by atoms with E-state index in [1.54, 1.807) is 6.07 Å². The highest BCUT2D eigenvalue weighted by Crippen LogP contribution is 2.08. The number of unbranched alkanes of at least 4 members (excludes halogenated alkanes) is 6. The van der Waals surface area contributed by atoms with Gasteiger partial charge >= 0.3 is 0 Å². The van der Waals surface area contributed by atoms with Gasteiger partial charge in [0.05, 0.1) is 0 Å². The molecule has 0 aliphatic rings. The standard InChI is InChI=1S/C15H25NOS/c1-14-9-11-16(15(17)13-14)10-7-5-3-2-4-6-8-12-18/h9,11,13,18H,2-8,10,12H2,1H3. The quantitative estimate of drug-likeness (QED) is 0.533. The Morgan fingerprint density at radius 2 is 1.67 bits per heavy atom. The van der Waals surface area contributed by atoms with E-state index in [2.05, 4.69) is 12.6 Å². The molecule has 102 valence electrons. The highest BCUT2D eigenvalue weighted by molar-refractivity contribution is 7.80. The lowest BCUT2D eigenvalue weighted by molar-refractivity contribution is 0.543. The number of thiol groups is 1. The second-order valence-corrected chi connectivity index (χ2v) is 5.38. The average Bonchev–Trinajstić information content (AvgIpc) is 2.35. The zero-order valence-corrected chi connectivity index (χ0v) is 12.3. The van der Waals surface area contributed by atoms with E-state index in [-0.39, 0.29) is 5.56 Å². The molecule has 1 aromatic rings. The zero-order valence-electron chi connectivity index (χ0n) is 11.4. The van der Waals surface area contributed by atoms with E-state index in [9.17, 15) is 4.79 Å². The summed E-state index contributed by atoms with van der Waals surface area (Å²) in [6, 6.07) is 3.70. The second-order valence-electron chi connectivity index (χ2n) is 4.93. The van der Waals surface area contributed by atoms with Gasteiger partial charge in [-0.25, -0.2) is 0 Å². The van der Waals surface area contributed by atoms with Crippen molar-refractivity contribution in [2.75, 3.05) is 5.75 Å². The normalized spacial score (nSPS) is 10.8. The van der Waals surface area contributed by atoms with E-state index < -0.39 is 0 Å². The van der Waals surface area contributed by atoms with E-state index in [0.717, 1.165) is 24.3 Å². The van der Waals surface area contributed by atoms with Crippen molar-refractivity contribution in [1.29, 1.82) is 0 Å². The van der Waals surface area contributed by atoms with Crippen molar-refractivity contribution in [2.24, 2.45) is 0 Å². The van der Waals surface area contributed by atoms with Crippen molar-refractivity contribution in [1.82, 2.24) is 4.57 Å². The van der Waals surface area contributed by atoms with Crippen LogP contribution < -0.4 is 5.56 Å². The van der Waals surface area contributed by atoms with Crippen LogP contribution in [0.15, 0.2) is 23.1 Å². The van der Waals surface area contributed by atoms with Gasteiger partial charge in [-0.05, 0) is 37.1 Å².